The lowest BCUT2D eigenvalue weighted by atomic mass is 10.4. The molecule has 1 amide bonds. The zero-order chi connectivity index (χ0) is 14.2. The first-order valence-corrected chi connectivity index (χ1v) is 7.08. The molecule has 0 radical (unpaired) electrons. The van der Waals surface area contributed by atoms with Gasteiger partial charge in [-0.2, -0.15) is 0 Å². The van der Waals surface area contributed by atoms with Crippen molar-refractivity contribution in [1.29, 1.82) is 0 Å². The zero-order valence-corrected chi connectivity index (χ0v) is 11.9. The molecule has 0 bridgehead atoms. The predicted octanol–water partition coefficient (Wildman–Crippen LogP) is 2.05. The van der Waals surface area contributed by atoms with Crippen LogP contribution in [0.15, 0.2) is 29.8 Å². The topological polar surface area (TPSA) is 76.1 Å². The average Bonchev–Trinajstić information content (AvgIpc) is 2.93. The Hall–Kier alpha value is -1.99. The van der Waals surface area contributed by atoms with Crippen molar-refractivity contribution in [1.82, 2.24) is 15.3 Å². The number of nitrogens with one attached hydrogen (secondary N) is 2. The second-order valence-corrected chi connectivity index (χ2v) is 4.84. The summed E-state index contributed by atoms with van der Waals surface area (Å²) in [6, 6.07) is 5.56. The Morgan fingerprint density at radius 2 is 2.35 bits per heavy atom. The van der Waals surface area contributed by atoms with Crippen LogP contribution in [0.3, 0.4) is 0 Å². The lowest BCUT2D eigenvalue weighted by Gasteiger charge is -2.02. The Bertz CT molecular complexity index is 544. The van der Waals surface area contributed by atoms with Crippen LogP contribution in [0.4, 0.5) is 10.9 Å². The molecule has 0 aliphatic rings. The third kappa shape index (κ3) is 4.29. The van der Waals surface area contributed by atoms with Crippen LogP contribution in [0.1, 0.15) is 16.9 Å². The minimum absolute atomic E-state index is 0.175. The summed E-state index contributed by atoms with van der Waals surface area (Å²) in [7, 11) is 1.64. The standard InChI is InChI=1S/C13H16N4O2S/c1-19-8-4-7-15-12(18)10-9-20-13(16-10)17-11-5-2-3-6-14-11/h2-3,5-6,9H,4,7-8H2,1H3,(H,15,18)(H,14,16,17). The lowest BCUT2D eigenvalue weighted by molar-refractivity contribution is 0.0944. The van der Waals surface area contributed by atoms with Crippen molar-refractivity contribution >= 4 is 28.2 Å². The maximum absolute atomic E-state index is 11.8. The number of carbonyl (C=O) groups is 1. The van der Waals surface area contributed by atoms with Gasteiger partial charge >= 0.3 is 0 Å². The lowest BCUT2D eigenvalue weighted by Crippen LogP contribution is -2.25. The molecule has 2 aromatic heterocycles. The number of thiazole rings is 1. The quantitative estimate of drug-likeness (QED) is 0.764. The Labute approximate surface area is 121 Å². The van der Waals surface area contributed by atoms with Crippen LogP contribution < -0.4 is 10.6 Å². The maximum Gasteiger partial charge on any atom is 0.270 e. The second kappa shape index (κ2) is 7.56. The van der Waals surface area contributed by atoms with Gasteiger partial charge in [0.15, 0.2) is 5.13 Å². The van der Waals surface area contributed by atoms with Crippen LogP contribution in [-0.4, -0.2) is 36.1 Å². The van der Waals surface area contributed by atoms with E-state index in [1.165, 1.54) is 11.3 Å². The third-order valence-electron chi connectivity index (χ3n) is 2.45. The van der Waals surface area contributed by atoms with Gasteiger partial charge in [-0.3, -0.25) is 4.79 Å². The van der Waals surface area contributed by atoms with E-state index in [0.29, 0.717) is 29.8 Å². The molecule has 0 aromatic carbocycles. The molecule has 0 spiro atoms. The maximum atomic E-state index is 11.8. The molecule has 106 valence electrons. The summed E-state index contributed by atoms with van der Waals surface area (Å²) in [6.07, 6.45) is 2.48. The van der Waals surface area contributed by atoms with E-state index in [-0.39, 0.29) is 5.91 Å². The van der Waals surface area contributed by atoms with Crippen LogP contribution in [0, 0.1) is 0 Å². The first-order chi connectivity index (χ1) is 9.79. The summed E-state index contributed by atoms with van der Waals surface area (Å²) < 4.78 is 4.92. The first-order valence-electron chi connectivity index (χ1n) is 6.20. The number of ether oxygens (including phenoxy) is 1. The minimum atomic E-state index is -0.175. The highest BCUT2D eigenvalue weighted by molar-refractivity contribution is 7.14. The Morgan fingerprint density at radius 3 is 3.10 bits per heavy atom. The Balaban J connectivity index is 1.87. The van der Waals surface area contributed by atoms with E-state index in [1.807, 2.05) is 18.2 Å². The van der Waals surface area contributed by atoms with Crippen molar-refractivity contribution in [2.75, 3.05) is 25.6 Å². The second-order valence-electron chi connectivity index (χ2n) is 3.98. The van der Waals surface area contributed by atoms with E-state index in [4.69, 9.17) is 4.74 Å². The number of aromatic nitrogens is 2. The number of methoxy groups -OCH3 is 1. The van der Waals surface area contributed by atoms with Crippen molar-refractivity contribution in [3.8, 4) is 0 Å². The van der Waals surface area contributed by atoms with Gasteiger partial charge in [0.05, 0.1) is 0 Å². The van der Waals surface area contributed by atoms with E-state index in [2.05, 4.69) is 20.6 Å². The molecule has 2 aromatic rings. The SMILES string of the molecule is COCCCNC(=O)c1csc(Nc2ccccn2)n1. The number of hydrogen-bond donors (Lipinski definition) is 2. The molecule has 20 heavy (non-hydrogen) atoms. The summed E-state index contributed by atoms with van der Waals surface area (Å²) in [5.74, 6) is 0.528. The van der Waals surface area contributed by atoms with Gasteiger partial charge in [0.1, 0.15) is 11.5 Å². The Morgan fingerprint density at radius 1 is 1.45 bits per heavy atom. The fourth-order valence-electron chi connectivity index (χ4n) is 1.49. The van der Waals surface area contributed by atoms with Gasteiger partial charge in [-0.1, -0.05) is 6.07 Å². The fraction of sp³-hybridized carbons (Fsp3) is 0.308. The molecule has 0 unspecified atom stereocenters. The molecule has 2 rings (SSSR count). The average molecular weight is 292 g/mol. The third-order valence-corrected chi connectivity index (χ3v) is 3.21. The van der Waals surface area contributed by atoms with E-state index >= 15 is 0 Å². The minimum Gasteiger partial charge on any atom is -0.385 e. The number of nitrogens with zero attached hydrogens (tertiary/aromatic N) is 2. The molecule has 6 nitrogen and oxygen atoms in total. The highest BCUT2D eigenvalue weighted by Gasteiger charge is 2.10. The number of anilines is 2. The molecule has 2 heterocycles. The monoisotopic (exact) mass is 292 g/mol. The van der Waals surface area contributed by atoms with Gasteiger partial charge in [0.2, 0.25) is 0 Å². The fourth-order valence-corrected chi connectivity index (χ4v) is 2.19. The summed E-state index contributed by atoms with van der Waals surface area (Å²) in [6.45, 7) is 1.21. The Kier molecular flexibility index (Phi) is 5.45. The summed E-state index contributed by atoms with van der Waals surface area (Å²) in [5, 5.41) is 8.21. The summed E-state index contributed by atoms with van der Waals surface area (Å²) >= 11 is 1.37. The molecule has 0 saturated carbocycles. The molecule has 2 N–H and O–H groups in total. The molecular formula is C13H16N4O2S. The van der Waals surface area contributed by atoms with E-state index in [1.54, 1.807) is 18.7 Å². The number of carbonyl (C=O) groups excluding carboxylic acids is 1. The van der Waals surface area contributed by atoms with Gasteiger partial charge < -0.3 is 15.4 Å². The highest BCUT2D eigenvalue weighted by Crippen LogP contribution is 2.19. The summed E-state index contributed by atoms with van der Waals surface area (Å²) in [5.41, 5.74) is 0.408. The van der Waals surface area contributed by atoms with Gasteiger partial charge in [0, 0.05) is 31.8 Å². The molecule has 0 aliphatic carbocycles. The van der Waals surface area contributed by atoms with E-state index in [0.717, 1.165) is 6.42 Å². The number of hydrogen-bond acceptors (Lipinski definition) is 6. The first kappa shape index (κ1) is 14.4. The van der Waals surface area contributed by atoms with Crippen LogP contribution in [0.5, 0.6) is 0 Å². The van der Waals surface area contributed by atoms with Crippen LogP contribution >= 0.6 is 11.3 Å². The zero-order valence-electron chi connectivity index (χ0n) is 11.1. The van der Waals surface area contributed by atoms with Gasteiger partial charge in [-0.05, 0) is 18.6 Å². The van der Waals surface area contributed by atoms with Crippen LogP contribution in [0.25, 0.3) is 0 Å². The van der Waals surface area contributed by atoms with Gasteiger partial charge in [0.25, 0.3) is 5.91 Å². The van der Waals surface area contributed by atoms with E-state index in [9.17, 15) is 4.79 Å². The normalized spacial score (nSPS) is 10.2. The molecule has 0 fully saturated rings. The van der Waals surface area contributed by atoms with Crippen LogP contribution in [0.2, 0.25) is 0 Å². The smallest absolute Gasteiger partial charge is 0.270 e. The highest BCUT2D eigenvalue weighted by atomic mass is 32.1. The largest absolute Gasteiger partial charge is 0.385 e. The number of rotatable bonds is 7. The predicted molar refractivity (Wildman–Crippen MR) is 78.5 cm³/mol. The van der Waals surface area contributed by atoms with Crippen molar-refractivity contribution in [2.45, 2.75) is 6.42 Å². The van der Waals surface area contributed by atoms with Gasteiger partial charge in [-0.15, -0.1) is 11.3 Å². The summed E-state index contributed by atoms with van der Waals surface area (Å²) in [4.78, 5) is 20.2. The van der Waals surface area contributed by atoms with Crippen molar-refractivity contribution in [2.24, 2.45) is 0 Å². The number of pyridine rings is 1. The van der Waals surface area contributed by atoms with E-state index < -0.39 is 0 Å². The van der Waals surface area contributed by atoms with Crippen molar-refractivity contribution in [3.05, 3.63) is 35.5 Å². The molecule has 0 atom stereocenters. The van der Waals surface area contributed by atoms with Crippen LogP contribution in [-0.2, 0) is 4.74 Å². The molecule has 7 heteroatoms. The molecule has 0 saturated heterocycles. The van der Waals surface area contributed by atoms with Crippen molar-refractivity contribution < 1.29 is 9.53 Å². The van der Waals surface area contributed by atoms with Crippen molar-refractivity contribution in [3.63, 3.8) is 0 Å². The number of amides is 1. The van der Waals surface area contributed by atoms with Gasteiger partial charge in [-0.25, -0.2) is 9.97 Å². The molecular weight excluding hydrogens is 276 g/mol. The molecule has 0 aliphatic heterocycles.